The van der Waals surface area contributed by atoms with E-state index >= 15 is 0 Å². The number of piperidine rings is 1. The van der Waals surface area contributed by atoms with Crippen LogP contribution in [-0.2, 0) is 16.8 Å². The molecule has 1 saturated heterocycles. The van der Waals surface area contributed by atoms with Crippen molar-refractivity contribution >= 4 is 17.5 Å². The second-order valence-electron chi connectivity index (χ2n) is 9.08. The molecule has 0 spiro atoms. The quantitative estimate of drug-likeness (QED) is 0.628. The second-order valence-corrected chi connectivity index (χ2v) is 9.49. The first-order valence-corrected chi connectivity index (χ1v) is 11.2. The molecule has 1 amide bonds. The third kappa shape index (κ3) is 6.48. The van der Waals surface area contributed by atoms with Gasteiger partial charge in [0.15, 0.2) is 0 Å². The molecule has 1 aliphatic heterocycles. The minimum atomic E-state index is 0.0207. The highest BCUT2D eigenvalue weighted by Crippen LogP contribution is 2.24. The third-order valence-electron chi connectivity index (χ3n) is 5.62. The van der Waals surface area contributed by atoms with Crippen LogP contribution in [-0.4, -0.2) is 37.0 Å². The van der Waals surface area contributed by atoms with E-state index in [0.717, 1.165) is 48.8 Å². The number of ether oxygens (including phenoxy) is 1. The summed E-state index contributed by atoms with van der Waals surface area (Å²) in [6.45, 7) is 10.1. The fourth-order valence-corrected chi connectivity index (χ4v) is 4.01. The second kappa shape index (κ2) is 10.3. The lowest BCUT2D eigenvalue weighted by molar-refractivity contribution is -0.126. The van der Waals surface area contributed by atoms with Crippen LogP contribution in [0, 0.1) is 5.92 Å². The zero-order valence-electron chi connectivity index (χ0n) is 18.3. The molecule has 0 unspecified atom stereocenters. The molecule has 5 heteroatoms. The highest BCUT2D eigenvalue weighted by atomic mass is 35.5. The SMILES string of the molecule is CC(C)(C)c1ccc(OCCNC(=O)[C@H]2CCCN(Cc3ccccc3Cl)C2)cc1. The Kier molecular flexibility index (Phi) is 7.79. The first-order chi connectivity index (χ1) is 14.3. The van der Waals surface area contributed by atoms with E-state index in [9.17, 15) is 4.79 Å². The molecule has 2 aromatic carbocycles. The van der Waals surface area contributed by atoms with E-state index < -0.39 is 0 Å². The molecule has 1 fully saturated rings. The van der Waals surface area contributed by atoms with Gasteiger partial charge in [0, 0.05) is 18.1 Å². The molecule has 1 aliphatic rings. The average Bonchev–Trinajstić information content (AvgIpc) is 2.73. The monoisotopic (exact) mass is 428 g/mol. The molecular weight excluding hydrogens is 396 g/mol. The summed E-state index contributed by atoms with van der Waals surface area (Å²) in [5.41, 5.74) is 2.53. The molecule has 0 bridgehead atoms. The molecular formula is C25H33ClN2O2. The number of amides is 1. The summed E-state index contributed by atoms with van der Waals surface area (Å²) < 4.78 is 5.78. The Labute approximate surface area is 185 Å². The first kappa shape index (κ1) is 22.6. The summed E-state index contributed by atoms with van der Waals surface area (Å²) >= 11 is 6.29. The van der Waals surface area contributed by atoms with Crippen LogP contribution in [0.15, 0.2) is 48.5 Å². The Bertz CT molecular complexity index is 830. The van der Waals surface area contributed by atoms with Gasteiger partial charge in [-0.1, -0.05) is 62.7 Å². The van der Waals surface area contributed by atoms with E-state index in [1.807, 2.05) is 30.3 Å². The number of nitrogens with zero attached hydrogens (tertiary/aromatic N) is 1. The van der Waals surface area contributed by atoms with Crippen LogP contribution in [0.1, 0.15) is 44.7 Å². The number of hydrogen-bond donors (Lipinski definition) is 1. The maximum Gasteiger partial charge on any atom is 0.224 e. The Hall–Kier alpha value is -2.04. The van der Waals surface area contributed by atoms with Gasteiger partial charge < -0.3 is 10.1 Å². The molecule has 2 aromatic rings. The van der Waals surface area contributed by atoms with Gasteiger partial charge in [0.2, 0.25) is 5.91 Å². The van der Waals surface area contributed by atoms with Crippen LogP contribution < -0.4 is 10.1 Å². The summed E-state index contributed by atoms with van der Waals surface area (Å²) in [6.07, 6.45) is 1.96. The fourth-order valence-electron chi connectivity index (χ4n) is 3.82. The van der Waals surface area contributed by atoms with Gasteiger partial charge in [-0.25, -0.2) is 0 Å². The summed E-state index contributed by atoms with van der Waals surface area (Å²) in [6, 6.07) is 16.1. The molecule has 1 heterocycles. The van der Waals surface area contributed by atoms with E-state index in [1.165, 1.54) is 5.56 Å². The topological polar surface area (TPSA) is 41.6 Å². The summed E-state index contributed by atoms with van der Waals surface area (Å²) in [4.78, 5) is 14.9. The zero-order valence-corrected chi connectivity index (χ0v) is 19.0. The number of nitrogens with one attached hydrogen (secondary N) is 1. The Morgan fingerprint density at radius 3 is 2.60 bits per heavy atom. The molecule has 0 saturated carbocycles. The normalized spacial score (nSPS) is 17.5. The standard InChI is InChI=1S/C25H33ClN2O2/c1-25(2,3)21-10-12-22(13-11-21)30-16-14-27-24(29)20-8-6-15-28(18-20)17-19-7-4-5-9-23(19)26/h4-5,7,9-13,20H,6,8,14-18H2,1-3H3,(H,27,29)/t20-/m0/s1. The Balaban J connectivity index is 1.41. The van der Waals surface area contributed by atoms with Crippen molar-refractivity contribution in [2.45, 2.75) is 45.6 Å². The minimum absolute atomic E-state index is 0.0207. The molecule has 0 radical (unpaired) electrons. The zero-order chi connectivity index (χ0) is 21.6. The minimum Gasteiger partial charge on any atom is -0.492 e. The lowest BCUT2D eigenvalue weighted by Crippen LogP contribution is -2.43. The van der Waals surface area contributed by atoms with Crippen molar-refractivity contribution in [1.29, 1.82) is 0 Å². The van der Waals surface area contributed by atoms with Crippen molar-refractivity contribution < 1.29 is 9.53 Å². The van der Waals surface area contributed by atoms with Gasteiger partial charge in [0.05, 0.1) is 12.5 Å². The molecule has 162 valence electrons. The summed E-state index contributed by atoms with van der Waals surface area (Å²) in [5.74, 6) is 0.971. The van der Waals surface area contributed by atoms with Gasteiger partial charge >= 0.3 is 0 Å². The Morgan fingerprint density at radius 1 is 1.17 bits per heavy atom. The van der Waals surface area contributed by atoms with E-state index in [-0.39, 0.29) is 17.2 Å². The Morgan fingerprint density at radius 2 is 1.90 bits per heavy atom. The van der Waals surface area contributed by atoms with Crippen LogP contribution >= 0.6 is 11.6 Å². The van der Waals surface area contributed by atoms with Crippen molar-refractivity contribution in [2.24, 2.45) is 5.92 Å². The number of halogens is 1. The largest absolute Gasteiger partial charge is 0.492 e. The van der Waals surface area contributed by atoms with Crippen molar-refractivity contribution in [3.63, 3.8) is 0 Å². The van der Waals surface area contributed by atoms with E-state index in [0.29, 0.717) is 13.2 Å². The molecule has 3 rings (SSSR count). The van der Waals surface area contributed by atoms with Gasteiger partial charge in [-0.2, -0.15) is 0 Å². The predicted octanol–water partition coefficient (Wildman–Crippen LogP) is 5.04. The van der Waals surface area contributed by atoms with Crippen LogP contribution in [0.2, 0.25) is 5.02 Å². The fraction of sp³-hybridized carbons (Fsp3) is 0.480. The molecule has 30 heavy (non-hydrogen) atoms. The molecule has 4 nitrogen and oxygen atoms in total. The van der Waals surface area contributed by atoms with Crippen molar-refractivity contribution in [3.05, 3.63) is 64.7 Å². The van der Waals surface area contributed by atoms with E-state index in [4.69, 9.17) is 16.3 Å². The maximum atomic E-state index is 12.6. The number of carbonyl (C=O) groups is 1. The van der Waals surface area contributed by atoms with Gasteiger partial charge in [-0.05, 0) is 54.1 Å². The van der Waals surface area contributed by atoms with Gasteiger partial charge in [-0.3, -0.25) is 9.69 Å². The third-order valence-corrected chi connectivity index (χ3v) is 5.99. The smallest absolute Gasteiger partial charge is 0.224 e. The number of rotatable bonds is 7. The van der Waals surface area contributed by atoms with Crippen LogP contribution in [0.5, 0.6) is 5.75 Å². The van der Waals surface area contributed by atoms with Gasteiger partial charge in [-0.15, -0.1) is 0 Å². The first-order valence-electron chi connectivity index (χ1n) is 10.8. The maximum absolute atomic E-state index is 12.6. The van der Waals surface area contributed by atoms with Crippen LogP contribution in [0.4, 0.5) is 0 Å². The van der Waals surface area contributed by atoms with E-state index in [2.05, 4.69) is 49.2 Å². The average molecular weight is 429 g/mol. The summed E-state index contributed by atoms with van der Waals surface area (Å²) in [7, 11) is 0. The highest BCUT2D eigenvalue weighted by molar-refractivity contribution is 6.31. The van der Waals surface area contributed by atoms with Crippen LogP contribution in [0.25, 0.3) is 0 Å². The van der Waals surface area contributed by atoms with Gasteiger partial charge in [0.1, 0.15) is 12.4 Å². The van der Waals surface area contributed by atoms with Crippen molar-refractivity contribution in [3.8, 4) is 5.75 Å². The van der Waals surface area contributed by atoms with Crippen molar-refractivity contribution in [1.82, 2.24) is 10.2 Å². The number of carbonyl (C=O) groups excluding carboxylic acids is 1. The molecule has 1 N–H and O–H groups in total. The van der Waals surface area contributed by atoms with E-state index in [1.54, 1.807) is 0 Å². The lowest BCUT2D eigenvalue weighted by Gasteiger charge is -2.32. The lowest BCUT2D eigenvalue weighted by atomic mass is 9.87. The molecule has 1 atom stereocenters. The molecule has 0 aromatic heterocycles. The van der Waals surface area contributed by atoms with Gasteiger partial charge in [0.25, 0.3) is 0 Å². The number of hydrogen-bond acceptors (Lipinski definition) is 3. The number of benzene rings is 2. The highest BCUT2D eigenvalue weighted by Gasteiger charge is 2.25. The summed E-state index contributed by atoms with van der Waals surface area (Å²) in [5, 5.41) is 3.83. The van der Waals surface area contributed by atoms with Crippen molar-refractivity contribution in [2.75, 3.05) is 26.2 Å². The number of likely N-dealkylation sites (tertiary alicyclic amines) is 1. The van der Waals surface area contributed by atoms with Crippen LogP contribution in [0.3, 0.4) is 0 Å². The molecule has 0 aliphatic carbocycles. The predicted molar refractivity (Wildman–Crippen MR) is 123 cm³/mol.